The number of hydrogen-bond acceptors (Lipinski definition) is 3. The quantitative estimate of drug-likeness (QED) is 0.318. The number of nitrogens with one attached hydrogen (secondary N) is 3. The SMILES string of the molecule is C=C1NC(CCCN=C(N)N)C(=O)N/C1=C\c1c[nH]c2cc(C)ccc12. The van der Waals surface area contributed by atoms with Crippen LogP contribution in [-0.2, 0) is 4.79 Å². The molecule has 0 radical (unpaired) electrons. The second-order valence-corrected chi connectivity index (χ2v) is 6.46. The van der Waals surface area contributed by atoms with E-state index in [1.807, 2.05) is 12.3 Å². The van der Waals surface area contributed by atoms with E-state index in [1.165, 1.54) is 5.56 Å². The summed E-state index contributed by atoms with van der Waals surface area (Å²) in [7, 11) is 0. The molecule has 1 aromatic carbocycles. The second-order valence-electron chi connectivity index (χ2n) is 6.46. The molecule has 26 heavy (non-hydrogen) atoms. The average Bonchev–Trinajstić information content (AvgIpc) is 2.97. The first-order valence-electron chi connectivity index (χ1n) is 8.55. The van der Waals surface area contributed by atoms with Crippen molar-refractivity contribution < 1.29 is 4.79 Å². The monoisotopic (exact) mass is 352 g/mol. The minimum atomic E-state index is -0.334. The molecule has 3 rings (SSSR count). The molecule has 0 saturated carbocycles. The van der Waals surface area contributed by atoms with E-state index in [9.17, 15) is 4.79 Å². The van der Waals surface area contributed by atoms with E-state index in [4.69, 9.17) is 11.5 Å². The van der Waals surface area contributed by atoms with Crippen molar-refractivity contribution in [2.45, 2.75) is 25.8 Å². The lowest BCUT2D eigenvalue weighted by Gasteiger charge is -2.28. The summed E-state index contributed by atoms with van der Waals surface area (Å²) in [6.45, 7) is 6.59. The summed E-state index contributed by atoms with van der Waals surface area (Å²) in [6.07, 6.45) is 5.19. The molecule has 2 aromatic rings. The Hall–Kier alpha value is -3.22. The molecule has 1 amide bonds. The number of piperazine rings is 1. The number of rotatable bonds is 5. The van der Waals surface area contributed by atoms with Gasteiger partial charge in [-0.2, -0.15) is 0 Å². The largest absolute Gasteiger partial charge is 0.372 e. The number of nitrogens with zero attached hydrogens (tertiary/aromatic N) is 1. The highest BCUT2D eigenvalue weighted by Gasteiger charge is 2.26. The van der Waals surface area contributed by atoms with Crippen molar-refractivity contribution in [3.63, 3.8) is 0 Å². The third-order valence-electron chi connectivity index (χ3n) is 4.36. The van der Waals surface area contributed by atoms with Crippen LogP contribution in [0.3, 0.4) is 0 Å². The number of aromatic amines is 1. The lowest BCUT2D eigenvalue weighted by molar-refractivity contribution is -0.123. The number of carbonyl (C=O) groups excluding carboxylic acids is 1. The maximum Gasteiger partial charge on any atom is 0.246 e. The number of aliphatic imine (C=N–C) groups is 1. The van der Waals surface area contributed by atoms with Gasteiger partial charge in [0, 0.05) is 29.2 Å². The Bertz CT molecular complexity index is 904. The Morgan fingerprint density at radius 2 is 2.19 bits per heavy atom. The number of nitrogens with two attached hydrogens (primary N) is 2. The van der Waals surface area contributed by atoms with Gasteiger partial charge in [0.2, 0.25) is 5.91 Å². The van der Waals surface area contributed by atoms with E-state index < -0.39 is 0 Å². The van der Waals surface area contributed by atoms with Crippen LogP contribution in [-0.4, -0.2) is 29.4 Å². The zero-order valence-corrected chi connectivity index (χ0v) is 14.8. The van der Waals surface area contributed by atoms with Crippen molar-refractivity contribution in [3.05, 3.63) is 53.5 Å². The first-order chi connectivity index (χ1) is 12.4. The van der Waals surface area contributed by atoms with Crippen LogP contribution in [0.15, 0.2) is 47.4 Å². The number of fused-ring (bicyclic) bond motifs is 1. The number of benzene rings is 1. The van der Waals surface area contributed by atoms with E-state index >= 15 is 0 Å². The number of hydrogen-bond donors (Lipinski definition) is 5. The highest BCUT2D eigenvalue weighted by Crippen LogP contribution is 2.23. The molecule has 1 unspecified atom stereocenters. The lowest BCUT2D eigenvalue weighted by atomic mass is 10.0. The van der Waals surface area contributed by atoms with Gasteiger partial charge in [-0.25, -0.2) is 0 Å². The molecule has 1 saturated heterocycles. The van der Waals surface area contributed by atoms with Crippen LogP contribution >= 0.6 is 0 Å². The van der Waals surface area contributed by atoms with E-state index in [2.05, 4.69) is 52.3 Å². The molecule has 1 fully saturated rings. The highest BCUT2D eigenvalue weighted by molar-refractivity contribution is 5.92. The van der Waals surface area contributed by atoms with Crippen LogP contribution in [0.4, 0.5) is 0 Å². The summed E-state index contributed by atoms with van der Waals surface area (Å²) in [5.41, 5.74) is 15.2. The van der Waals surface area contributed by atoms with Crippen molar-refractivity contribution >= 4 is 28.8 Å². The molecule has 1 aliphatic heterocycles. The molecule has 136 valence electrons. The Balaban J connectivity index is 1.70. The fourth-order valence-electron chi connectivity index (χ4n) is 3.02. The molecule has 7 N–H and O–H groups in total. The number of amides is 1. The Kier molecular flexibility index (Phi) is 4.97. The Morgan fingerprint density at radius 3 is 2.96 bits per heavy atom. The molecule has 0 spiro atoms. The zero-order chi connectivity index (χ0) is 18.7. The van der Waals surface area contributed by atoms with E-state index in [0.29, 0.717) is 30.8 Å². The van der Waals surface area contributed by atoms with Gasteiger partial charge in [0.05, 0.1) is 11.4 Å². The van der Waals surface area contributed by atoms with E-state index in [-0.39, 0.29) is 17.9 Å². The van der Waals surface area contributed by atoms with Gasteiger partial charge in [0.1, 0.15) is 6.04 Å². The molecular formula is C19H24N6O. The lowest BCUT2D eigenvalue weighted by Crippen LogP contribution is -2.49. The number of H-pyrrole nitrogens is 1. The molecule has 7 nitrogen and oxygen atoms in total. The smallest absolute Gasteiger partial charge is 0.246 e. The normalized spacial score (nSPS) is 18.7. The molecule has 1 aromatic heterocycles. The fraction of sp³-hybridized carbons (Fsp3) is 0.263. The van der Waals surface area contributed by atoms with Crippen LogP contribution in [0.1, 0.15) is 24.0 Å². The molecule has 1 aliphatic rings. The Labute approximate surface area is 152 Å². The minimum Gasteiger partial charge on any atom is -0.372 e. The van der Waals surface area contributed by atoms with Gasteiger partial charge in [0.25, 0.3) is 0 Å². The molecular weight excluding hydrogens is 328 g/mol. The summed E-state index contributed by atoms with van der Waals surface area (Å²) in [6, 6.07) is 5.90. The van der Waals surface area contributed by atoms with Gasteiger partial charge in [0.15, 0.2) is 5.96 Å². The van der Waals surface area contributed by atoms with Gasteiger partial charge in [-0.1, -0.05) is 18.7 Å². The first-order valence-corrected chi connectivity index (χ1v) is 8.55. The molecule has 2 heterocycles. The van der Waals surface area contributed by atoms with Crippen molar-refractivity contribution in [1.29, 1.82) is 0 Å². The standard InChI is InChI=1S/C19H24N6O/c1-11-5-6-14-13(10-23-17(14)8-11)9-16-12(2)24-15(18(26)25-16)4-3-7-22-19(20)21/h5-6,8-10,15,23-24H,2-4,7H2,1H3,(H,25,26)(H4,20,21,22)/b16-9-. The maximum atomic E-state index is 12.4. The van der Waals surface area contributed by atoms with E-state index in [0.717, 1.165) is 16.5 Å². The third-order valence-corrected chi connectivity index (χ3v) is 4.36. The van der Waals surface area contributed by atoms with Crippen LogP contribution in [0.2, 0.25) is 0 Å². The Morgan fingerprint density at radius 1 is 1.38 bits per heavy atom. The van der Waals surface area contributed by atoms with Gasteiger partial charge in [-0.05, 0) is 37.5 Å². The molecule has 1 atom stereocenters. The van der Waals surface area contributed by atoms with E-state index in [1.54, 1.807) is 0 Å². The number of aromatic nitrogens is 1. The highest BCUT2D eigenvalue weighted by atomic mass is 16.2. The fourth-order valence-corrected chi connectivity index (χ4v) is 3.02. The summed E-state index contributed by atoms with van der Waals surface area (Å²) in [5.74, 6) is -0.0151. The first kappa shape index (κ1) is 17.6. The van der Waals surface area contributed by atoms with Crippen LogP contribution in [0, 0.1) is 6.92 Å². The van der Waals surface area contributed by atoms with Gasteiger partial charge in [-0.3, -0.25) is 9.79 Å². The number of guanidine groups is 1. The third kappa shape index (κ3) is 3.88. The topological polar surface area (TPSA) is 121 Å². The summed E-state index contributed by atoms with van der Waals surface area (Å²) >= 11 is 0. The number of carbonyl (C=O) groups is 1. The van der Waals surface area contributed by atoms with Crippen LogP contribution in [0.25, 0.3) is 17.0 Å². The van der Waals surface area contributed by atoms with Crippen LogP contribution < -0.4 is 22.1 Å². The maximum absolute atomic E-state index is 12.4. The molecule has 0 bridgehead atoms. The van der Waals surface area contributed by atoms with Crippen molar-refractivity contribution in [3.8, 4) is 0 Å². The van der Waals surface area contributed by atoms with Crippen molar-refractivity contribution in [2.24, 2.45) is 16.5 Å². The van der Waals surface area contributed by atoms with Gasteiger partial charge in [-0.15, -0.1) is 0 Å². The predicted octanol–water partition coefficient (Wildman–Crippen LogP) is 1.47. The summed E-state index contributed by atoms with van der Waals surface area (Å²) < 4.78 is 0. The molecule has 7 heteroatoms. The van der Waals surface area contributed by atoms with Gasteiger partial charge >= 0.3 is 0 Å². The van der Waals surface area contributed by atoms with Crippen molar-refractivity contribution in [1.82, 2.24) is 15.6 Å². The second kappa shape index (κ2) is 7.35. The van der Waals surface area contributed by atoms with Crippen LogP contribution in [0.5, 0.6) is 0 Å². The van der Waals surface area contributed by atoms with Crippen molar-refractivity contribution in [2.75, 3.05) is 6.54 Å². The summed E-state index contributed by atoms with van der Waals surface area (Å²) in [4.78, 5) is 19.6. The zero-order valence-electron chi connectivity index (χ0n) is 14.8. The average molecular weight is 352 g/mol. The number of aryl methyl sites for hydroxylation is 1. The predicted molar refractivity (Wildman–Crippen MR) is 105 cm³/mol. The van der Waals surface area contributed by atoms with Gasteiger partial charge < -0.3 is 27.1 Å². The molecule has 0 aliphatic carbocycles. The minimum absolute atomic E-state index is 0.0645. The summed E-state index contributed by atoms with van der Waals surface area (Å²) in [5, 5.41) is 7.22.